The lowest BCUT2D eigenvalue weighted by Crippen LogP contribution is -2.51. The topological polar surface area (TPSA) is 41.1 Å². The molecule has 2 N–H and O–H groups in total. The van der Waals surface area contributed by atoms with Crippen molar-refractivity contribution in [1.29, 1.82) is 0 Å². The van der Waals surface area contributed by atoms with Gasteiger partial charge in [-0.15, -0.1) is 0 Å². The van der Waals surface area contributed by atoms with Gasteiger partial charge in [0.2, 0.25) is 5.91 Å². The molecule has 0 bridgehead atoms. The predicted octanol–water partition coefficient (Wildman–Crippen LogP) is 2.32. The lowest BCUT2D eigenvalue weighted by atomic mass is 9.80. The van der Waals surface area contributed by atoms with Crippen LogP contribution in [-0.4, -0.2) is 25.0 Å². The van der Waals surface area contributed by atoms with E-state index in [9.17, 15) is 4.79 Å². The Morgan fingerprint density at radius 2 is 1.83 bits per heavy atom. The highest BCUT2D eigenvalue weighted by molar-refractivity contribution is 5.82. The second kappa shape index (κ2) is 6.55. The molecule has 4 unspecified atom stereocenters. The zero-order chi connectivity index (χ0) is 13.0. The van der Waals surface area contributed by atoms with E-state index in [1.165, 1.54) is 38.5 Å². The minimum absolute atomic E-state index is 0.0395. The van der Waals surface area contributed by atoms with Crippen LogP contribution in [0, 0.1) is 17.8 Å². The van der Waals surface area contributed by atoms with Gasteiger partial charge in [-0.3, -0.25) is 4.79 Å². The maximum Gasteiger partial charge on any atom is 0.237 e. The van der Waals surface area contributed by atoms with E-state index in [0.717, 1.165) is 19.0 Å². The van der Waals surface area contributed by atoms with Crippen molar-refractivity contribution in [2.24, 2.45) is 17.8 Å². The maximum atomic E-state index is 12.2. The zero-order valence-electron chi connectivity index (χ0n) is 11.9. The number of carbonyl (C=O) groups is 1. The molecule has 0 aromatic heterocycles. The molecule has 3 nitrogen and oxygen atoms in total. The fourth-order valence-electron chi connectivity index (χ4n) is 3.44. The standard InChI is InChI=1S/C15H28N2O/c1-11-6-3-4-8-13(11)10-17-15(18)14-12(2)7-5-9-16-14/h11-14,16H,3-10H2,1-2H3,(H,17,18). The molecule has 3 heteroatoms. The molecule has 0 aromatic carbocycles. The van der Waals surface area contributed by atoms with Crippen LogP contribution in [0.4, 0.5) is 0 Å². The molecule has 1 amide bonds. The van der Waals surface area contributed by atoms with Crippen LogP contribution in [0.15, 0.2) is 0 Å². The van der Waals surface area contributed by atoms with Crippen molar-refractivity contribution in [3.8, 4) is 0 Å². The quantitative estimate of drug-likeness (QED) is 0.809. The monoisotopic (exact) mass is 252 g/mol. The molecule has 18 heavy (non-hydrogen) atoms. The number of hydrogen-bond acceptors (Lipinski definition) is 2. The van der Waals surface area contributed by atoms with Gasteiger partial charge in [0.05, 0.1) is 6.04 Å². The minimum atomic E-state index is 0.0395. The Morgan fingerprint density at radius 1 is 1.11 bits per heavy atom. The summed E-state index contributed by atoms with van der Waals surface area (Å²) in [6.07, 6.45) is 7.69. The van der Waals surface area contributed by atoms with Crippen molar-refractivity contribution in [2.75, 3.05) is 13.1 Å². The smallest absolute Gasteiger partial charge is 0.237 e. The third-order valence-corrected chi connectivity index (χ3v) is 4.88. The number of piperidine rings is 1. The van der Waals surface area contributed by atoms with E-state index in [2.05, 4.69) is 24.5 Å². The summed E-state index contributed by atoms with van der Waals surface area (Å²) in [5.74, 6) is 2.17. The Hall–Kier alpha value is -0.570. The van der Waals surface area contributed by atoms with E-state index in [1.807, 2.05) is 0 Å². The van der Waals surface area contributed by atoms with Gasteiger partial charge in [-0.25, -0.2) is 0 Å². The van der Waals surface area contributed by atoms with Gasteiger partial charge in [-0.1, -0.05) is 33.1 Å². The molecule has 1 saturated carbocycles. The Morgan fingerprint density at radius 3 is 2.56 bits per heavy atom. The first kappa shape index (κ1) is 13.9. The van der Waals surface area contributed by atoms with E-state index < -0.39 is 0 Å². The molecule has 2 fully saturated rings. The highest BCUT2D eigenvalue weighted by atomic mass is 16.2. The number of hydrogen-bond donors (Lipinski definition) is 2. The molecule has 1 aliphatic carbocycles. The largest absolute Gasteiger partial charge is 0.354 e. The first-order valence-corrected chi connectivity index (χ1v) is 7.69. The molecule has 0 aromatic rings. The molecule has 2 aliphatic rings. The summed E-state index contributed by atoms with van der Waals surface area (Å²) >= 11 is 0. The third kappa shape index (κ3) is 3.47. The number of amides is 1. The lowest BCUT2D eigenvalue weighted by Gasteiger charge is -2.32. The van der Waals surface area contributed by atoms with E-state index in [-0.39, 0.29) is 11.9 Å². The van der Waals surface area contributed by atoms with Crippen LogP contribution in [0.5, 0.6) is 0 Å². The van der Waals surface area contributed by atoms with Crippen molar-refractivity contribution in [1.82, 2.24) is 10.6 Å². The van der Waals surface area contributed by atoms with Crippen LogP contribution in [0.1, 0.15) is 52.4 Å². The normalized spacial score (nSPS) is 37.2. The van der Waals surface area contributed by atoms with Gasteiger partial charge in [-0.05, 0) is 43.6 Å². The number of nitrogens with one attached hydrogen (secondary N) is 2. The number of carbonyl (C=O) groups excluding carboxylic acids is 1. The Balaban J connectivity index is 1.76. The second-order valence-corrected chi connectivity index (χ2v) is 6.32. The van der Waals surface area contributed by atoms with E-state index in [0.29, 0.717) is 11.8 Å². The molecule has 1 heterocycles. The van der Waals surface area contributed by atoms with E-state index >= 15 is 0 Å². The summed E-state index contributed by atoms with van der Waals surface area (Å²) < 4.78 is 0. The first-order valence-electron chi connectivity index (χ1n) is 7.69. The SMILES string of the molecule is CC1CCCCC1CNC(=O)C1NCCCC1C. The average molecular weight is 252 g/mol. The highest BCUT2D eigenvalue weighted by Gasteiger charge is 2.28. The van der Waals surface area contributed by atoms with Crippen molar-refractivity contribution < 1.29 is 4.79 Å². The summed E-state index contributed by atoms with van der Waals surface area (Å²) in [7, 11) is 0. The summed E-state index contributed by atoms with van der Waals surface area (Å²) in [5.41, 5.74) is 0. The van der Waals surface area contributed by atoms with Crippen LogP contribution >= 0.6 is 0 Å². The molecule has 104 valence electrons. The van der Waals surface area contributed by atoms with E-state index in [1.54, 1.807) is 0 Å². The van der Waals surface area contributed by atoms with Gasteiger partial charge in [-0.2, -0.15) is 0 Å². The Kier molecular flexibility index (Phi) is 5.04. The number of rotatable bonds is 3. The lowest BCUT2D eigenvalue weighted by molar-refractivity contribution is -0.125. The van der Waals surface area contributed by atoms with Gasteiger partial charge in [0.1, 0.15) is 0 Å². The van der Waals surface area contributed by atoms with Gasteiger partial charge in [0.15, 0.2) is 0 Å². The highest BCUT2D eigenvalue weighted by Crippen LogP contribution is 2.28. The van der Waals surface area contributed by atoms with E-state index in [4.69, 9.17) is 0 Å². The van der Waals surface area contributed by atoms with Crippen molar-refractivity contribution in [3.63, 3.8) is 0 Å². The summed E-state index contributed by atoms with van der Waals surface area (Å²) in [4.78, 5) is 12.2. The molecule has 1 saturated heterocycles. The third-order valence-electron chi connectivity index (χ3n) is 4.88. The molecular weight excluding hydrogens is 224 g/mol. The van der Waals surface area contributed by atoms with Crippen LogP contribution in [0.25, 0.3) is 0 Å². The first-order chi connectivity index (χ1) is 8.68. The van der Waals surface area contributed by atoms with Gasteiger partial charge in [0, 0.05) is 6.54 Å². The summed E-state index contributed by atoms with van der Waals surface area (Å²) in [6.45, 7) is 6.38. The molecule has 1 aliphatic heterocycles. The van der Waals surface area contributed by atoms with Crippen molar-refractivity contribution >= 4 is 5.91 Å². The predicted molar refractivity (Wildman–Crippen MR) is 74.3 cm³/mol. The molecule has 2 rings (SSSR count). The molecule has 4 atom stereocenters. The molecule has 0 radical (unpaired) electrons. The minimum Gasteiger partial charge on any atom is -0.354 e. The Bertz CT molecular complexity index is 280. The average Bonchev–Trinajstić information content (AvgIpc) is 2.38. The fourth-order valence-corrected chi connectivity index (χ4v) is 3.44. The van der Waals surface area contributed by atoms with Gasteiger partial charge >= 0.3 is 0 Å². The molecular formula is C15H28N2O. The maximum absolute atomic E-state index is 12.2. The van der Waals surface area contributed by atoms with Crippen LogP contribution in [-0.2, 0) is 4.79 Å². The second-order valence-electron chi connectivity index (χ2n) is 6.32. The van der Waals surface area contributed by atoms with Gasteiger partial charge < -0.3 is 10.6 Å². The van der Waals surface area contributed by atoms with Gasteiger partial charge in [0.25, 0.3) is 0 Å². The fraction of sp³-hybridized carbons (Fsp3) is 0.933. The summed E-state index contributed by atoms with van der Waals surface area (Å²) in [6, 6.07) is 0.0395. The molecule has 0 spiro atoms. The zero-order valence-corrected chi connectivity index (χ0v) is 11.9. The van der Waals surface area contributed by atoms with Crippen molar-refractivity contribution in [2.45, 2.75) is 58.4 Å². The Labute approximate surface area is 111 Å². The van der Waals surface area contributed by atoms with Crippen LogP contribution in [0.2, 0.25) is 0 Å². The van der Waals surface area contributed by atoms with Crippen molar-refractivity contribution in [3.05, 3.63) is 0 Å². The van der Waals surface area contributed by atoms with Crippen LogP contribution in [0.3, 0.4) is 0 Å². The summed E-state index contributed by atoms with van der Waals surface area (Å²) in [5, 5.41) is 6.54. The van der Waals surface area contributed by atoms with Crippen LogP contribution < -0.4 is 10.6 Å².